The first-order chi connectivity index (χ1) is 9.04. The van der Waals surface area contributed by atoms with Crippen molar-refractivity contribution < 1.29 is 8.42 Å². The Balaban J connectivity index is 1.84. The molecule has 0 radical (unpaired) electrons. The molecule has 1 aromatic heterocycles. The number of nitrogens with zero attached hydrogens (tertiary/aromatic N) is 3. The van der Waals surface area contributed by atoms with Crippen LogP contribution >= 0.6 is 0 Å². The standard InChI is InChI=1S/C12H20N4O2S/c1-19(17,18)15-8-5-11-4-2-9-16(10-11)12-13-6-3-7-14-12/h3,6-7,11,15H,2,4-5,8-10H2,1H3/t11-/m1/s1. The minimum atomic E-state index is -3.08. The van der Waals surface area contributed by atoms with Crippen LogP contribution in [-0.4, -0.2) is 44.3 Å². The lowest BCUT2D eigenvalue weighted by atomic mass is 9.95. The van der Waals surface area contributed by atoms with Crippen molar-refractivity contribution in [3.05, 3.63) is 18.5 Å². The molecule has 0 aliphatic carbocycles. The van der Waals surface area contributed by atoms with Crippen LogP contribution in [0.15, 0.2) is 18.5 Å². The summed E-state index contributed by atoms with van der Waals surface area (Å²) in [7, 11) is -3.08. The molecule has 1 aliphatic heterocycles. The number of sulfonamides is 1. The van der Waals surface area contributed by atoms with E-state index in [2.05, 4.69) is 19.6 Å². The molecule has 2 heterocycles. The van der Waals surface area contributed by atoms with Crippen LogP contribution in [-0.2, 0) is 10.0 Å². The molecule has 0 aromatic carbocycles. The van der Waals surface area contributed by atoms with Gasteiger partial charge in [0.05, 0.1) is 6.26 Å². The van der Waals surface area contributed by atoms with Crippen molar-refractivity contribution in [2.75, 3.05) is 30.8 Å². The molecule has 1 fully saturated rings. The highest BCUT2D eigenvalue weighted by Gasteiger charge is 2.21. The summed E-state index contributed by atoms with van der Waals surface area (Å²) in [6.45, 7) is 2.38. The van der Waals surface area contributed by atoms with Crippen molar-refractivity contribution in [3.63, 3.8) is 0 Å². The molecule has 19 heavy (non-hydrogen) atoms. The smallest absolute Gasteiger partial charge is 0.225 e. The minimum Gasteiger partial charge on any atom is -0.341 e. The number of hydrogen-bond donors (Lipinski definition) is 1. The Labute approximate surface area is 114 Å². The Hall–Kier alpha value is -1.21. The molecule has 1 aliphatic rings. The van der Waals surface area contributed by atoms with Crippen LogP contribution in [0, 0.1) is 5.92 Å². The third-order valence-corrected chi connectivity index (χ3v) is 4.00. The lowest BCUT2D eigenvalue weighted by Crippen LogP contribution is -2.38. The molecular formula is C12H20N4O2S. The first kappa shape index (κ1) is 14.2. The van der Waals surface area contributed by atoms with E-state index in [-0.39, 0.29) is 0 Å². The van der Waals surface area contributed by atoms with Crippen LogP contribution in [0.25, 0.3) is 0 Å². The van der Waals surface area contributed by atoms with Crippen LogP contribution in [0.5, 0.6) is 0 Å². The van der Waals surface area contributed by atoms with Gasteiger partial charge in [-0.05, 0) is 31.2 Å². The fourth-order valence-electron chi connectivity index (χ4n) is 2.39. The fourth-order valence-corrected chi connectivity index (χ4v) is 2.87. The quantitative estimate of drug-likeness (QED) is 0.858. The highest BCUT2D eigenvalue weighted by molar-refractivity contribution is 7.88. The number of hydrogen-bond acceptors (Lipinski definition) is 5. The van der Waals surface area contributed by atoms with Crippen molar-refractivity contribution in [2.45, 2.75) is 19.3 Å². The maximum Gasteiger partial charge on any atom is 0.225 e. The third kappa shape index (κ3) is 4.76. The van der Waals surface area contributed by atoms with Crippen molar-refractivity contribution in [3.8, 4) is 0 Å². The number of aromatic nitrogens is 2. The first-order valence-corrected chi connectivity index (χ1v) is 8.40. The van der Waals surface area contributed by atoms with Gasteiger partial charge in [0.2, 0.25) is 16.0 Å². The molecule has 7 heteroatoms. The van der Waals surface area contributed by atoms with Crippen LogP contribution in [0.3, 0.4) is 0 Å². The van der Waals surface area contributed by atoms with Crippen LogP contribution < -0.4 is 9.62 Å². The summed E-state index contributed by atoms with van der Waals surface area (Å²) in [4.78, 5) is 10.7. The van der Waals surface area contributed by atoms with Gasteiger partial charge in [-0.15, -0.1) is 0 Å². The number of anilines is 1. The molecule has 0 bridgehead atoms. The van der Waals surface area contributed by atoms with E-state index in [1.165, 1.54) is 6.26 Å². The SMILES string of the molecule is CS(=O)(=O)NCC[C@H]1CCCN(c2ncccn2)C1. The molecule has 0 unspecified atom stereocenters. The average molecular weight is 284 g/mol. The highest BCUT2D eigenvalue weighted by Crippen LogP contribution is 2.21. The topological polar surface area (TPSA) is 75.2 Å². The zero-order valence-corrected chi connectivity index (χ0v) is 11.9. The molecule has 6 nitrogen and oxygen atoms in total. The van der Waals surface area contributed by atoms with E-state index in [1.807, 2.05) is 0 Å². The average Bonchev–Trinajstić information content (AvgIpc) is 2.39. The Bertz CT molecular complexity index is 492. The lowest BCUT2D eigenvalue weighted by molar-refractivity contribution is 0.388. The third-order valence-electron chi connectivity index (χ3n) is 3.27. The molecule has 1 saturated heterocycles. The molecule has 2 rings (SSSR count). The summed E-state index contributed by atoms with van der Waals surface area (Å²) < 4.78 is 24.6. The van der Waals surface area contributed by atoms with Gasteiger partial charge in [-0.3, -0.25) is 0 Å². The molecule has 0 amide bonds. The number of rotatable bonds is 5. The minimum absolute atomic E-state index is 0.492. The van der Waals surface area contributed by atoms with Crippen LogP contribution in [0.4, 0.5) is 5.95 Å². The predicted molar refractivity (Wildman–Crippen MR) is 74.4 cm³/mol. The van der Waals surface area contributed by atoms with Gasteiger partial charge in [0.15, 0.2) is 0 Å². The Morgan fingerprint density at radius 3 is 2.84 bits per heavy atom. The van der Waals surface area contributed by atoms with Crippen LogP contribution in [0.1, 0.15) is 19.3 Å². The molecule has 106 valence electrons. The van der Waals surface area contributed by atoms with Crippen molar-refractivity contribution >= 4 is 16.0 Å². The summed E-state index contributed by atoms with van der Waals surface area (Å²) in [6, 6.07) is 1.81. The van der Waals surface area contributed by atoms with Gasteiger partial charge in [-0.25, -0.2) is 23.1 Å². The Morgan fingerprint density at radius 1 is 1.42 bits per heavy atom. The van der Waals surface area contributed by atoms with E-state index in [0.717, 1.165) is 38.3 Å². The molecule has 0 spiro atoms. The second kappa shape index (κ2) is 6.29. The second-order valence-electron chi connectivity index (χ2n) is 4.96. The molecule has 1 atom stereocenters. The van der Waals surface area contributed by atoms with Gasteiger partial charge in [0.1, 0.15) is 0 Å². The zero-order chi connectivity index (χ0) is 13.7. The summed E-state index contributed by atoms with van der Waals surface area (Å²) in [5.41, 5.74) is 0. The van der Waals surface area contributed by atoms with E-state index >= 15 is 0 Å². The van der Waals surface area contributed by atoms with Gasteiger partial charge < -0.3 is 4.90 Å². The summed E-state index contributed by atoms with van der Waals surface area (Å²) >= 11 is 0. The predicted octanol–water partition coefficient (Wildman–Crippen LogP) is 0.632. The molecule has 0 saturated carbocycles. The Kier molecular flexibility index (Phi) is 4.71. The first-order valence-electron chi connectivity index (χ1n) is 6.51. The normalized spacial score (nSPS) is 20.5. The molecule has 1 aromatic rings. The maximum atomic E-state index is 11.0. The van der Waals surface area contributed by atoms with Gasteiger partial charge in [-0.2, -0.15) is 0 Å². The van der Waals surface area contributed by atoms with Crippen LogP contribution in [0.2, 0.25) is 0 Å². The monoisotopic (exact) mass is 284 g/mol. The maximum absolute atomic E-state index is 11.0. The largest absolute Gasteiger partial charge is 0.341 e. The van der Waals surface area contributed by atoms with E-state index in [0.29, 0.717) is 12.5 Å². The summed E-state index contributed by atoms with van der Waals surface area (Å²) in [5.74, 6) is 1.26. The van der Waals surface area contributed by atoms with E-state index in [4.69, 9.17) is 0 Å². The van der Waals surface area contributed by atoms with Crippen molar-refractivity contribution in [2.24, 2.45) is 5.92 Å². The van der Waals surface area contributed by atoms with Gasteiger partial charge in [0.25, 0.3) is 0 Å². The summed E-state index contributed by atoms with van der Waals surface area (Å²) in [5, 5.41) is 0. The van der Waals surface area contributed by atoms with Gasteiger partial charge in [0, 0.05) is 32.0 Å². The van der Waals surface area contributed by atoms with Gasteiger partial charge >= 0.3 is 0 Å². The van der Waals surface area contributed by atoms with Gasteiger partial charge in [-0.1, -0.05) is 0 Å². The fraction of sp³-hybridized carbons (Fsp3) is 0.667. The van der Waals surface area contributed by atoms with Crippen molar-refractivity contribution in [1.29, 1.82) is 0 Å². The van der Waals surface area contributed by atoms with E-state index in [1.54, 1.807) is 18.5 Å². The summed E-state index contributed by atoms with van der Waals surface area (Å²) in [6.07, 6.45) is 7.78. The molecular weight excluding hydrogens is 264 g/mol. The number of nitrogens with one attached hydrogen (secondary N) is 1. The number of piperidine rings is 1. The molecule has 1 N–H and O–H groups in total. The van der Waals surface area contributed by atoms with Crippen molar-refractivity contribution in [1.82, 2.24) is 14.7 Å². The lowest BCUT2D eigenvalue weighted by Gasteiger charge is -2.32. The Morgan fingerprint density at radius 2 is 2.16 bits per heavy atom. The highest BCUT2D eigenvalue weighted by atomic mass is 32.2. The van der Waals surface area contributed by atoms with E-state index < -0.39 is 10.0 Å². The second-order valence-corrected chi connectivity index (χ2v) is 6.79. The zero-order valence-electron chi connectivity index (χ0n) is 11.1. The van der Waals surface area contributed by atoms with E-state index in [9.17, 15) is 8.42 Å².